The minimum absolute atomic E-state index is 0.0277. The first-order valence-electron chi connectivity index (χ1n) is 5.65. The van der Waals surface area contributed by atoms with Crippen molar-refractivity contribution in [3.8, 4) is 0 Å². The zero-order valence-electron chi connectivity index (χ0n) is 10.1. The second-order valence-corrected chi connectivity index (χ2v) is 3.85. The maximum atomic E-state index is 9.30. The third-order valence-electron chi connectivity index (χ3n) is 2.45. The normalized spacial score (nSPS) is 10.2. The van der Waals surface area contributed by atoms with E-state index in [9.17, 15) is 5.11 Å². The van der Waals surface area contributed by atoms with Crippen LogP contribution in [0, 0.1) is 6.92 Å². The molecule has 3 nitrogen and oxygen atoms in total. The van der Waals surface area contributed by atoms with Crippen LogP contribution in [0.5, 0.6) is 0 Å². The Balaban J connectivity index is 3.04. The molecule has 0 aliphatic carbocycles. The fraction of sp³-hybridized carbons (Fsp3) is 0.462. The van der Waals surface area contributed by atoms with Crippen LogP contribution < -0.4 is 4.90 Å². The number of pyridine rings is 1. The van der Waals surface area contributed by atoms with Gasteiger partial charge in [-0.3, -0.25) is 4.98 Å². The van der Waals surface area contributed by atoms with Crippen LogP contribution in [0.25, 0.3) is 0 Å². The monoisotopic (exact) mass is 220 g/mol. The molecule has 1 rings (SSSR count). The summed E-state index contributed by atoms with van der Waals surface area (Å²) in [6, 6.07) is 2.02. The molecule has 1 aromatic heterocycles. The zero-order chi connectivity index (χ0) is 12.0. The van der Waals surface area contributed by atoms with E-state index in [0.29, 0.717) is 0 Å². The Kier molecular flexibility index (Phi) is 4.99. The van der Waals surface area contributed by atoms with Gasteiger partial charge in [0.05, 0.1) is 6.61 Å². The van der Waals surface area contributed by atoms with Gasteiger partial charge >= 0.3 is 0 Å². The summed E-state index contributed by atoms with van der Waals surface area (Å²) in [4.78, 5) is 6.42. The Hall–Kier alpha value is -1.35. The summed E-state index contributed by atoms with van der Waals surface area (Å²) in [6.07, 6.45) is 4.70. The van der Waals surface area contributed by atoms with Crippen molar-refractivity contribution in [2.75, 3.05) is 18.0 Å². The van der Waals surface area contributed by atoms with Crippen LogP contribution in [0.1, 0.15) is 24.6 Å². The lowest BCUT2D eigenvalue weighted by Gasteiger charge is -2.25. The van der Waals surface area contributed by atoms with Crippen molar-refractivity contribution in [3.63, 3.8) is 0 Å². The van der Waals surface area contributed by atoms with Gasteiger partial charge in [0.25, 0.3) is 0 Å². The molecule has 1 N–H and O–H groups in total. The molecule has 0 saturated carbocycles. The van der Waals surface area contributed by atoms with Crippen molar-refractivity contribution < 1.29 is 5.11 Å². The Morgan fingerprint density at radius 1 is 1.56 bits per heavy atom. The Morgan fingerprint density at radius 2 is 2.31 bits per heavy atom. The van der Waals surface area contributed by atoms with Crippen molar-refractivity contribution in [1.29, 1.82) is 0 Å². The minimum atomic E-state index is 0.0277. The summed E-state index contributed by atoms with van der Waals surface area (Å²) >= 11 is 0. The molecule has 88 valence electrons. The average Bonchev–Trinajstić information content (AvgIpc) is 2.29. The van der Waals surface area contributed by atoms with Gasteiger partial charge in [0, 0.05) is 36.2 Å². The van der Waals surface area contributed by atoms with Crippen molar-refractivity contribution >= 4 is 5.69 Å². The number of rotatable bonds is 6. The first-order valence-corrected chi connectivity index (χ1v) is 5.65. The van der Waals surface area contributed by atoms with Gasteiger partial charge in [-0.1, -0.05) is 13.0 Å². The van der Waals surface area contributed by atoms with Crippen LogP contribution in [0.15, 0.2) is 24.9 Å². The molecule has 0 radical (unpaired) electrons. The van der Waals surface area contributed by atoms with Crippen LogP contribution >= 0.6 is 0 Å². The molecule has 3 heteroatoms. The molecule has 0 fully saturated rings. The predicted octanol–water partition coefficient (Wildman–Crippen LogP) is 2.28. The number of nitrogens with zero attached hydrogens (tertiary/aromatic N) is 2. The molecule has 0 unspecified atom stereocenters. The lowest BCUT2D eigenvalue weighted by atomic mass is 10.2. The summed E-state index contributed by atoms with van der Waals surface area (Å²) in [5.74, 6) is 0. The summed E-state index contributed by atoms with van der Waals surface area (Å²) in [5.41, 5.74) is 2.91. The fourth-order valence-electron chi connectivity index (χ4n) is 1.73. The van der Waals surface area contributed by atoms with Crippen molar-refractivity contribution in [1.82, 2.24) is 4.98 Å². The molecular formula is C13H20N2O. The molecular weight excluding hydrogens is 200 g/mol. The molecule has 0 aliphatic heterocycles. The van der Waals surface area contributed by atoms with Gasteiger partial charge in [-0.25, -0.2) is 0 Å². The molecule has 0 amide bonds. The largest absolute Gasteiger partial charge is 0.392 e. The topological polar surface area (TPSA) is 36.4 Å². The van der Waals surface area contributed by atoms with Crippen LogP contribution in [-0.2, 0) is 6.61 Å². The highest BCUT2D eigenvalue weighted by molar-refractivity contribution is 5.53. The van der Waals surface area contributed by atoms with Gasteiger partial charge in [-0.2, -0.15) is 0 Å². The highest BCUT2D eigenvalue weighted by atomic mass is 16.3. The summed E-state index contributed by atoms with van der Waals surface area (Å²) in [5, 5.41) is 9.30. The van der Waals surface area contributed by atoms with E-state index in [2.05, 4.69) is 23.4 Å². The highest BCUT2D eigenvalue weighted by Crippen LogP contribution is 2.21. The standard InChI is InChI=1S/C13H20N2O/c1-4-6-15(7-5-2)13-8-11(3)14-9-12(13)10-16/h4,8-9,16H,1,5-7,10H2,2-3H3. The first kappa shape index (κ1) is 12.7. The maximum absolute atomic E-state index is 9.30. The number of aliphatic hydroxyl groups is 1. The van der Waals surface area contributed by atoms with Gasteiger partial charge < -0.3 is 10.0 Å². The van der Waals surface area contributed by atoms with Crippen LogP contribution in [0.4, 0.5) is 5.69 Å². The third kappa shape index (κ3) is 3.07. The number of hydrogen-bond acceptors (Lipinski definition) is 3. The van der Waals surface area contributed by atoms with Crippen molar-refractivity contribution in [3.05, 3.63) is 36.2 Å². The zero-order valence-corrected chi connectivity index (χ0v) is 10.1. The molecule has 1 aromatic rings. The van der Waals surface area contributed by atoms with Crippen LogP contribution in [0.3, 0.4) is 0 Å². The van der Waals surface area contributed by atoms with Gasteiger partial charge in [0.15, 0.2) is 0 Å². The molecule has 0 aromatic carbocycles. The Bertz CT molecular complexity index is 350. The van der Waals surface area contributed by atoms with Crippen molar-refractivity contribution in [2.45, 2.75) is 26.9 Å². The second-order valence-electron chi connectivity index (χ2n) is 3.85. The highest BCUT2D eigenvalue weighted by Gasteiger charge is 2.09. The SMILES string of the molecule is C=CCN(CCC)c1cc(C)ncc1CO. The van der Waals surface area contributed by atoms with E-state index in [-0.39, 0.29) is 6.61 Å². The van der Waals surface area contributed by atoms with Gasteiger partial charge in [-0.05, 0) is 19.4 Å². The summed E-state index contributed by atoms with van der Waals surface area (Å²) in [7, 11) is 0. The number of aromatic nitrogens is 1. The van der Waals surface area contributed by atoms with Crippen molar-refractivity contribution in [2.24, 2.45) is 0 Å². The van der Waals surface area contributed by atoms with Gasteiger partial charge in [0.2, 0.25) is 0 Å². The molecule has 0 bridgehead atoms. The van der Waals surface area contributed by atoms with E-state index < -0.39 is 0 Å². The molecule has 0 saturated heterocycles. The maximum Gasteiger partial charge on any atom is 0.0717 e. The smallest absolute Gasteiger partial charge is 0.0717 e. The van der Waals surface area contributed by atoms with Gasteiger partial charge in [-0.15, -0.1) is 6.58 Å². The molecule has 16 heavy (non-hydrogen) atoms. The minimum Gasteiger partial charge on any atom is -0.392 e. The molecule has 1 heterocycles. The van der Waals surface area contributed by atoms with E-state index in [1.165, 1.54) is 0 Å². The predicted molar refractivity (Wildman–Crippen MR) is 67.6 cm³/mol. The summed E-state index contributed by atoms with van der Waals surface area (Å²) < 4.78 is 0. The molecule has 0 spiro atoms. The lowest BCUT2D eigenvalue weighted by Crippen LogP contribution is -2.25. The van der Waals surface area contributed by atoms with E-state index >= 15 is 0 Å². The van der Waals surface area contributed by atoms with E-state index in [1.54, 1.807) is 6.20 Å². The second kappa shape index (κ2) is 6.28. The first-order chi connectivity index (χ1) is 7.72. The Labute approximate surface area is 97.4 Å². The van der Waals surface area contributed by atoms with E-state index in [0.717, 1.165) is 36.5 Å². The molecule has 0 aliphatic rings. The van der Waals surface area contributed by atoms with Gasteiger partial charge in [0.1, 0.15) is 0 Å². The fourth-order valence-corrected chi connectivity index (χ4v) is 1.73. The van der Waals surface area contributed by atoms with E-state index in [1.807, 2.05) is 19.1 Å². The average molecular weight is 220 g/mol. The number of aliphatic hydroxyl groups excluding tert-OH is 1. The van der Waals surface area contributed by atoms with E-state index in [4.69, 9.17) is 0 Å². The quantitative estimate of drug-likeness (QED) is 0.747. The Morgan fingerprint density at radius 3 is 2.88 bits per heavy atom. The number of hydrogen-bond donors (Lipinski definition) is 1. The number of aryl methyl sites for hydroxylation is 1. The number of anilines is 1. The van der Waals surface area contributed by atoms with Crippen LogP contribution in [-0.4, -0.2) is 23.2 Å². The third-order valence-corrected chi connectivity index (χ3v) is 2.45. The van der Waals surface area contributed by atoms with Crippen LogP contribution in [0.2, 0.25) is 0 Å². The summed E-state index contributed by atoms with van der Waals surface area (Å²) in [6.45, 7) is 9.65. The molecule has 0 atom stereocenters. The lowest BCUT2D eigenvalue weighted by molar-refractivity contribution is 0.281.